The summed E-state index contributed by atoms with van der Waals surface area (Å²) in [4.78, 5) is 0. The van der Waals surface area contributed by atoms with Gasteiger partial charge in [-0.2, -0.15) is 0 Å². The molecule has 0 aliphatic carbocycles. The van der Waals surface area contributed by atoms with Gasteiger partial charge in [0.15, 0.2) is 6.29 Å². The van der Waals surface area contributed by atoms with Crippen LogP contribution in [0.1, 0.15) is 38.8 Å². The second-order valence-corrected chi connectivity index (χ2v) is 4.22. The molecule has 0 radical (unpaired) electrons. The monoisotopic (exact) mass is 251 g/mol. The average molecular weight is 251 g/mol. The van der Waals surface area contributed by atoms with E-state index in [1.165, 1.54) is 5.56 Å². The van der Waals surface area contributed by atoms with Gasteiger partial charge in [-0.3, -0.25) is 0 Å². The summed E-state index contributed by atoms with van der Waals surface area (Å²) in [5, 5.41) is 3.49. The molecule has 0 unspecified atom stereocenters. The molecule has 3 nitrogen and oxygen atoms in total. The van der Waals surface area contributed by atoms with Crippen molar-refractivity contribution in [1.82, 2.24) is 5.32 Å². The highest BCUT2D eigenvalue weighted by Gasteiger charge is 2.09. The fourth-order valence-electron chi connectivity index (χ4n) is 1.86. The molecule has 0 saturated carbocycles. The Balaban J connectivity index is 2.27. The Hall–Kier alpha value is -0.900. The van der Waals surface area contributed by atoms with Crippen molar-refractivity contribution in [3.63, 3.8) is 0 Å². The molecule has 0 saturated heterocycles. The number of hydrogen-bond donors (Lipinski definition) is 1. The maximum absolute atomic E-state index is 5.51. The van der Waals surface area contributed by atoms with E-state index in [0.717, 1.165) is 13.0 Å². The van der Waals surface area contributed by atoms with Crippen LogP contribution in [0.2, 0.25) is 0 Å². The maximum atomic E-state index is 5.51. The van der Waals surface area contributed by atoms with Crippen LogP contribution in [0.3, 0.4) is 0 Å². The van der Waals surface area contributed by atoms with Crippen LogP contribution in [0, 0.1) is 0 Å². The molecule has 0 fully saturated rings. The van der Waals surface area contributed by atoms with Gasteiger partial charge in [-0.1, -0.05) is 30.3 Å². The summed E-state index contributed by atoms with van der Waals surface area (Å²) < 4.78 is 11.0. The number of nitrogens with one attached hydrogen (secondary N) is 1. The Kier molecular flexibility index (Phi) is 7.65. The van der Waals surface area contributed by atoms with Gasteiger partial charge in [-0.15, -0.1) is 0 Å². The van der Waals surface area contributed by atoms with Crippen LogP contribution in [-0.2, 0) is 9.47 Å². The largest absolute Gasteiger partial charge is 0.353 e. The SMILES string of the molecule is CCOC(CCN[C@@H](C)c1ccccc1)OCC. The highest BCUT2D eigenvalue weighted by Crippen LogP contribution is 2.11. The van der Waals surface area contributed by atoms with Crippen LogP contribution in [0.15, 0.2) is 30.3 Å². The quantitative estimate of drug-likeness (QED) is 0.684. The summed E-state index contributed by atoms with van der Waals surface area (Å²) in [7, 11) is 0. The van der Waals surface area contributed by atoms with Gasteiger partial charge in [-0.05, 0) is 26.3 Å². The molecule has 3 heteroatoms. The third-order valence-electron chi connectivity index (χ3n) is 2.84. The van der Waals surface area contributed by atoms with Crippen molar-refractivity contribution in [3.8, 4) is 0 Å². The first-order valence-electron chi connectivity index (χ1n) is 6.79. The molecule has 1 N–H and O–H groups in total. The van der Waals surface area contributed by atoms with Crippen molar-refractivity contribution in [2.24, 2.45) is 0 Å². The predicted octanol–water partition coefficient (Wildman–Crippen LogP) is 3.13. The summed E-state index contributed by atoms with van der Waals surface area (Å²) in [6.07, 6.45) is 0.786. The summed E-state index contributed by atoms with van der Waals surface area (Å²) in [6.45, 7) is 8.43. The highest BCUT2D eigenvalue weighted by molar-refractivity contribution is 5.17. The second kappa shape index (κ2) is 9.09. The molecule has 0 aromatic heterocycles. The molecule has 1 rings (SSSR count). The zero-order valence-electron chi connectivity index (χ0n) is 11.7. The van der Waals surface area contributed by atoms with Gasteiger partial charge in [0.1, 0.15) is 0 Å². The topological polar surface area (TPSA) is 30.5 Å². The molecule has 1 aromatic rings. The van der Waals surface area contributed by atoms with E-state index in [4.69, 9.17) is 9.47 Å². The zero-order valence-corrected chi connectivity index (χ0v) is 11.7. The smallest absolute Gasteiger partial charge is 0.158 e. The second-order valence-electron chi connectivity index (χ2n) is 4.22. The molecule has 102 valence electrons. The van der Waals surface area contributed by atoms with E-state index in [-0.39, 0.29) is 6.29 Å². The molecule has 0 bridgehead atoms. The van der Waals surface area contributed by atoms with E-state index in [2.05, 4.69) is 36.5 Å². The predicted molar refractivity (Wildman–Crippen MR) is 74.5 cm³/mol. The molecule has 0 aliphatic rings. The van der Waals surface area contributed by atoms with E-state index >= 15 is 0 Å². The Morgan fingerprint density at radius 1 is 1.06 bits per heavy atom. The minimum atomic E-state index is -0.0875. The molecule has 0 spiro atoms. The first kappa shape index (κ1) is 15.2. The number of benzene rings is 1. The van der Waals surface area contributed by atoms with Gasteiger partial charge in [-0.25, -0.2) is 0 Å². The van der Waals surface area contributed by atoms with E-state index in [0.29, 0.717) is 19.3 Å². The minimum Gasteiger partial charge on any atom is -0.353 e. The lowest BCUT2D eigenvalue weighted by Crippen LogP contribution is -2.26. The highest BCUT2D eigenvalue weighted by atomic mass is 16.7. The van der Waals surface area contributed by atoms with Crippen LogP contribution in [0.4, 0.5) is 0 Å². The van der Waals surface area contributed by atoms with E-state index in [1.807, 2.05) is 19.9 Å². The zero-order chi connectivity index (χ0) is 13.2. The number of ether oxygens (including phenoxy) is 2. The Morgan fingerprint density at radius 3 is 2.22 bits per heavy atom. The van der Waals surface area contributed by atoms with Gasteiger partial charge in [0, 0.05) is 32.2 Å². The number of hydrogen-bond acceptors (Lipinski definition) is 3. The molecule has 0 heterocycles. The molecule has 0 aliphatic heterocycles. The van der Waals surface area contributed by atoms with Crippen LogP contribution < -0.4 is 5.32 Å². The lowest BCUT2D eigenvalue weighted by molar-refractivity contribution is -0.138. The van der Waals surface area contributed by atoms with E-state index < -0.39 is 0 Å². The molecular formula is C15H25NO2. The molecule has 0 amide bonds. The molecule has 1 aromatic carbocycles. The van der Waals surface area contributed by atoms with Crippen molar-refractivity contribution in [2.75, 3.05) is 19.8 Å². The number of rotatable bonds is 9. The van der Waals surface area contributed by atoms with Crippen molar-refractivity contribution >= 4 is 0 Å². The minimum absolute atomic E-state index is 0.0875. The standard InChI is InChI=1S/C15H25NO2/c1-4-17-15(18-5-2)11-12-16-13(3)14-9-7-6-8-10-14/h6-10,13,15-16H,4-5,11-12H2,1-3H3/t13-/m0/s1. The van der Waals surface area contributed by atoms with Crippen LogP contribution in [-0.4, -0.2) is 26.0 Å². The average Bonchev–Trinajstić information content (AvgIpc) is 2.40. The van der Waals surface area contributed by atoms with Gasteiger partial charge in [0.25, 0.3) is 0 Å². The van der Waals surface area contributed by atoms with Crippen LogP contribution in [0.5, 0.6) is 0 Å². The van der Waals surface area contributed by atoms with Crippen molar-refractivity contribution < 1.29 is 9.47 Å². The van der Waals surface area contributed by atoms with Crippen molar-refractivity contribution in [2.45, 2.75) is 39.5 Å². The Bertz CT molecular complexity index is 297. The Morgan fingerprint density at radius 2 is 1.67 bits per heavy atom. The van der Waals surface area contributed by atoms with Gasteiger partial charge in [0.05, 0.1) is 0 Å². The summed E-state index contributed by atoms with van der Waals surface area (Å²) in [5.74, 6) is 0. The van der Waals surface area contributed by atoms with Crippen LogP contribution in [0.25, 0.3) is 0 Å². The third kappa shape index (κ3) is 5.63. The lowest BCUT2D eigenvalue weighted by atomic mass is 10.1. The Labute approximate surface area is 110 Å². The van der Waals surface area contributed by atoms with Crippen molar-refractivity contribution in [3.05, 3.63) is 35.9 Å². The molecule has 1 atom stereocenters. The summed E-state index contributed by atoms with van der Waals surface area (Å²) >= 11 is 0. The fraction of sp³-hybridized carbons (Fsp3) is 0.600. The van der Waals surface area contributed by atoms with Gasteiger partial charge < -0.3 is 14.8 Å². The third-order valence-corrected chi connectivity index (χ3v) is 2.84. The summed E-state index contributed by atoms with van der Waals surface area (Å²) in [6, 6.07) is 10.8. The first-order chi connectivity index (χ1) is 8.77. The van der Waals surface area contributed by atoms with E-state index in [9.17, 15) is 0 Å². The fourth-order valence-corrected chi connectivity index (χ4v) is 1.86. The summed E-state index contributed by atoms with van der Waals surface area (Å²) in [5.41, 5.74) is 1.31. The lowest BCUT2D eigenvalue weighted by Gasteiger charge is -2.19. The van der Waals surface area contributed by atoms with Gasteiger partial charge >= 0.3 is 0 Å². The van der Waals surface area contributed by atoms with Crippen molar-refractivity contribution in [1.29, 1.82) is 0 Å². The normalized spacial score (nSPS) is 12.9. The molecular weight excluding hydrogens is 226 g/mol. The molecule has 18 heavy (non-hydrogen) atoms. The first-order valence-corrected chi connectivity index (χ1v) is 6.79. The van der Waals surface area contributed by atoms with Gasteiger partial charge in [0.2, 0.25) is 0 Å². The van der Waals surface area contributed by atoms with E-state index in [1.54, 1.807) is 0 Å². The maximum Gasteiger partial charge on any atom is 0.158 e. The van der Waals surface area contributed by atoms with Crippen LogP contribution >= 0.6 is 0 Å².